The second-order valence-corrected chi connectivity index (χ2v) is 7.14. The standard InChI is InChI=1S/C22H23NO5S/c1-25-19-10-15(11-20(26-2)21(19)27-3)13-23-22(24)16-6-4-7-17(12-16)28-14-18-8-5-9-29-18/h4-12H,13-14H2,1-3H3,(H,23,24). The molecule has 0 aliphatic carbocycles. The van der Waals surface area contributed by atoms with Gasteiger partial charge in [0, 0.05) is 17.0 Å². The van der Waals surface area contributed by atoms with Crippen molar-refractivity contribution in [1.29, 1.82) is 0 Å². The van der Waals surface area contributed by atoms with Crippen LogP contribution in [-0.4, -0.2) is 27.2 Å². The number of carbonyl (C=O) groups is 1. The molecular weight excluding hydrogens is 390 g/mol. The first-order valence-corrected chi connectivity index (χ1v) is 9.85. The molecule has 0 spiro atoms. The molecular formula is C22H23NO5S. The van der Waals surface area contributed by atoms with Crippen LogP contribution in [0.1, 0.15) is 20.8 Å². The molecule has 0 fully saturated rings. The van der Waals surface area contributed by atoms with Crippen LogP contribution in [0, 0.1) is 0 Å². The van der Waals surface area contributed by atoms with E-state index in [1.807, 2.05) is 35.7 Å². The molecule has 3 rings (SSSR count). The van der Waals surface area contributed by atoms with Gasteiger partial charge in [0.2, 0.25) is 5.75 Å². The molecule has 29 heavy (non-hydrogen) atoms. The minimum Gasteiger partial charge on any atom is -0.493 e. The predicted molar refractivity (Wildman–Crippen MR) is 112 cm³/mol. The summed E-state index contributed by atoms with van der Waals surface area (Å²) in [5, 5.41) is 4.91. The maximum absolute atomic E-state index is 12.6. The van der Waals surface area contributed by atoms with Crippen molar-refractivity contribution in [2.45, 2.75) is 13.2 Å². The van der Waals surface area contributed by atoms with Gasteiger partial charge in [0.05, 0.1) is 21.3 Å². The van der Waals surface area contributed by atoms with E-state index in [1.54, 1.807) is 50.9 Å². The van der Waals surface area contributed by atoms with Crippen molar-refractivity contribution in [3.05, 3.63) is 69.9 Å². The molecule has 0 radical (unpaired) electrons. The van der Waals surface area contributed by atoms with Gasteiger partial charge < -0.3 is 24.3 Å². The molecule has 7 heteroatoms. The van der Waals surface area contributed by atoms with Crippen LogP contribution >= 0.6 is 11.3 Å². The van der Waals surface area contributed by atoms with Crippen molar-refractivity contribution in [2.75, 3.05) is 21.3 Å². The molecule has 0 unspecified atom stereocenters. The summed E-state index contributed by atoms with van der Waals surface area (Å²) in [4.78, 5) is 13.7. The van der Waals surface area contributed by atoms with Gasteiger partial charge in [0.15, 0.2) is 11.5 Å². The molecule has 1 N–H and O–H groups in total. The lowest BCUT2D eigenvalue weighted by Gasteiger charge is -2.14. The Labute approximate surface area is 174 Å². The summed E-state index contributed by atoms with van der Waals surface area (Å²) in [7, 11) is 4.66. The van der Waals surface area contributed by atoms with Gasteiger partial charge in [-0.1, -0.05) is 12.1 Å². The fraction of sp³-hybridized carbons (Fsp3) is 0.227. The Morgan fingerprint density at radius 2 is 1.72 bits per heavy atom. The third kappa shape index (κ3) is 5.20. The molecule has 0 bridgehead atoms. The maximum Gasteiger partial charge on any atom is 0.251 e. The van der Waals surface area contributed by atoms with Crippen molar-refractivity contribution in [1.82, 2.24) is 5.32 Å². The highest BCUT2D eigenvalue weighted by molar-refractivity contribution is 7.09. The van der Waals surface area contributed by atoms with E-state index in [-0.39, 0.29) is 5.91 Å². The Kier molecular flexibility index (Phi) is 6.97. The van der Waals surface area contributed by atoms with Gasteiger partial charge in [0.1, 0.15) is 12.4 Å². The van der Waals surface area contributed by atoms with Crippen LogP contribution in [0.2, 0.25) is 0 Å². The van der Waals surface area contributed by atoms with Gasteiger partial charge in [-0.25, -0.2) is 0 Å². The summed E-state index contributed by atoms with van der Waals surface area (Å²) in [5.41, 5.74) is 1.36. The maximum atomic E-state index is 12.6. The van der Waals surface area contributed by atoms with Crippen molar-refractivity contribution in [2.24, 2.45) is 0 Å². The molecule has 1 aromatic heterocycles. The van der Waals surface area contributed by atoms with Crippen LogP contribution in [0.5, 0.6) is 23.0 Å². The quantitative estimate of drug-likeness (QED) is 0.567. The lowest BCUT2D eigenvalue weighted by Crippen LogP contribution is -2.22. The number of nitrogens with one attached hydrogen (secondary N) is 1. The molecule has 152 valence electrons. The fourth-order valence-electron chi connectivity index (χ4n) is 2.80. The number of carbonyl (C=O) groups excluding carboxylic acids is 1. The molecule has 3 aromatic rings. The Bertz CT molecular complexity index is 931. The topological polar surface area (TPSA) is 66.0 Å². The lowest BCUT2D eigenvalue weighted by atomic mass is 10.1. The van der Waals surface area contributed by atoms with E-state index in [0.717, 1.165) is 10.4 Å². The van der Waals surface area contributed by atoms with Crippen LogP contribution in [0.3, 0.4) is 0 Å². The summed E-state index contributed by atoms with van der Waals surface area (Å²) >= 11 is 1.63. The number of rotatable bonds is 9. The molecule has 0 saturated heterocycles. The summed E-state index contributed by atoms with van der Waals surface area (Å²) in [6.45, 7) is 0.796. The summed E-state index contributed by atoms with van der Waals surface area (Å²) in [6.07, 6.45) is 0. The Hall–Kier alpha value is -3.19. The van der Waals surface area contributed by atoms with Crippen molar-refractivity contribution < 1.29 is 23.7 Å². The normalized spacial score (nSPS) is 10.3. The van der Waals surface area contributed by atoms with Crippen molar-refractivity contribution in [3.8, 4) is 23.0 Å². The zero-order valence-corrected chi connectivity index (χ0v) is 17.4. The minimum absolute atomic E-state index is 0.194. The average molecular weight is 413 g/mol. The number of methoxy groups -OCH3 is 3. The first kappa shape index (κ1) is 20.5. The fourth-order valence-corrected chi connectivity index (χ4v) is 3.41. The van der Waals surface area contributed by atoms with E-state index in [2.05, 4.69) is 5.32 Å². The van der Waals surface area contributed by atoms with Gasteiger partial charge in [-0.15, -0.1) is 11.3 Å². The van der Waals surface area contributed by atoms with Crippen LogP contribution in [-0.2, 0) is 13.2 Å². The second kappa shape index (κ2) is 9.84. The molecule has 0 aliphatic heterocycles. The van der Waals surface area contributed by atoms with Gasteiger partial charge in [-0.2, -0.15) is 0 Å². The Balaban J connectivity index is 1.65. The largest absolute Gasteiger partial charge is 0.493 e. The van der Waals surface area contributed by atoms with Gasteiger partial charge >= 0.3 is 0 Å². The molecule has 6 nitrogen and oxygen atoms in total. The van der Waals surface area contributed by atoms with E-state index < -0.39 is 0 Å². The number of thiophene rings is 1. The number of hydrogen-bond acceptors (Lipinski definition) is 6. The number of ether oxygens (including phenoxy) is 4. The lowest BCUT2D eigenvalue weighted by molar-refractivity contribution is 0.0950. The van der Waals surface area contributed by atoms with Crippen LogP contribution in [0.4, 0.5) is 0 Å². The van der Waals surface area contributed by atoms with Crippen molar-refractivity contribution in [3.63, 3.8) is 0 Å². The molecule has 1 heterocycles. The number of hydrogen-bond donors (Lipinski definition) is 1. The van der Waals surface area contributed by atoms with Crippen LogP contribution in [0.25, 0.3) is 0 Å². The Morgan fingerprint density at radius 1 is 0.966 bits per heavy atom. The highest BCUT2D eigenvalue weighted by Gasteiger charge is 2.14. The SMILES string of the molecule is COc1cc(CNC(=O)c2cccc(OCc3cccs3)c2)cc(OC)c1OC. The molecule has 0 atom stereocenters. The number of benzene rings is 2. The van der Waals surface area contributed by atoms with Gasteiger partial charge in [-0.3, -0.25) is 4.79 Å². The summed E-state index contributed by atoms with van der Waals surface area (Å²) in [5.74, 6) is 2.06. The predicted octanol–water partition coefficient (Wildman–Crippen LogP) is 4.28. The second-order valence-electron chi connectivity index (χ2n) is 6.11. The zero-order valence-electron chi connectivity index (χ0n) is 16.6. The molecule has 0 aliphatic rings. The van der Waals surface area contributed by atoms with Crippen molar-refractivity contribution >= 4 is 17.2 Å². The highest BCUT2D eigenvalue weighted by atomic mass is 32.1. The van der Waals surface area contributed by atoms with Gasteiger partial charge in [0.25, 0.3) is 5.91 Å². The first-order valence-electron chi connectivity index (χ1n) is 8.97. The third-order valence-corrected chi connectivity index (χ3v) is 5.08. The third-order valence-electron chi connectivity index (χ3n) is 4.24. The minimum atomic E-state index is -0.194. The first-order chi connectivity index (χ1) is 14.1. The molecule has 0 saturated carbocycles. The average Bonchev–Trinajstić information content (AvgIpc) is 3.29. The summed E-state index contributed by atoms with van der Waals surface area (Å²) in [6, 6.07) is 14.7. The molecule has 1 amide bonds. The van der Waals surface area contributed by atoms with Crippen LogP contribution < -0.4 is 24.3 Å². The van der Waals surface area contributed by atoms with Crippen LogP contribution in [0.15, 0.2) is 53.9 Å². The van der Waals surface area contributed by atoms with E-state index in [1.165, 1.54) is 0 Å². The smallest absolute Gasteiger partial charge is 0.251 e. The monoisotopic (exact) mass is 413 g/mol. The van der Waals surface area contributed by atoms with E-state index in [9.17, 15) is 4.79 Å². The zero-order chi connectivity index (χ0) is 20.6. The van der Waals surface area contributed by atoms with E-state index >= 15 is 0 Å². The summed E-state index contributed by atoms with van der Waals surface area (Å²) < 4.78 is 21.8. The molecule has 2 aromatic carbocycles. The highest BCUT2D eigenvalue weighted by Crippen LogP contribution is 2.38. The Morgan fingerprint density at radius 3 is 2.34 bits per heavy atom. The van der Waals surface area contributed by atoms with E-state index in [4.69, 9.17) is 18.9 Å². The number of amides is 1. The van der Waals surface area contributed by atoms with E-state index in [0.29, 0.717) is 41.7 Å². The van der Waals surface area contributed by atoms with Gasteiger partial charge in [-0.05, 0) is 47.3 Å².